The van der Waals surface area contributed by atoms with E-state index in [0.717, 1.165) is 55.5 Å². The Kier molecular flexibility index (Phi) is 5.94. The van der Waals surface area contributed by atoms with Gasteiger partial charge in [-0.3, -0.25) is 14.8 Å². The van der Waals surface area contributed by atoms with Crippen molar-refractivity contribution in [1.29, 1.82) is 0 Å². The Morgan fingerprint density at radius 3 is 2.50 bits per heavy atom. The van der Waals surface area contributed by atoms with Crippen LogP contribution in [0.25, 0.3) is 10.9 Å². The summed E-state index contributed by atoms with van der Waals surface area (Å²) in [6.45, 7) is 8.97. The molecule has 2 fully saturated rings. The molecule has 1 aromatic heterocycles. The maximum atomic E-state index is 12.9. The molecule has 2 aliphatic heterocycles. The third kappa shape index (κ3) is 4.28. The number of hydrogen-bond acceptors (Lipinski definition) is 4. The molecule has 0 saturated carbocycles. The Hall–Kier alpha value is -2.61. The third-order valence-electron chi connectivity index (χ3n) is 6.78. The number of nitrogens with zero attached hydrogens (tertiary/aromatic N) is 4. The number of piperidine rings is 1. The monoisotopic (exact) mass is 412 g/mol. The first-order valence-electron chi connectivity index (χ1n) is 10.9. The number of benzene rings is 1. The number of urea groups is 1. The predicted molar refractivity (Wildman–Crippen MR) is 116 cm³/mol. The van der Waals surface area contributed by atoms with Crippen molar-refractivity contribution in [1.82, 2.24) is 24.9 Å². The van der Waals surface area contributed by atoms with Gasteiger partial charge in [-0.25, -0.2) is 4.79 Å². The van der Waals surface area contributed by atoms with Crippen molar-refractivity contribution >= 4 is 22.8 Å². The number of amides is 3. The second-order valence-corrected chi connectivity index (χ2v) is 8.75. The minimum Gasteiger partial charge on any atom is -0.351 e. The fourth-order valence-electron chi connectivity index (χ4n) is 4.85. The summed E-state index contributed by atoms with van der Waals surface area (Å²) in [5, 5.41) is 8.26. The molecule has 162 valence electrons. The maximum absolute atomic E-state index is 12.9. The van der Waals surface area contributed by atoms with E-state index in [0.29, 0.717) is 25.6 Å². The molecule has 3 heterocycles. The van der Waals surface area contributed by atoms with Crippen LogP contribution in [0.5, 0.6) is 0 Å². The van der Waals surface area contributed by atoms with E-state index in [2.05, 4.69) is 41.1 Å². The second kappa shape index (κ2) is 8.63. The van der Waals surface area contributed by atoms with Gasteiger partial charge in [-0.15, -0.1) is 0 Å². The Balaban J connectivity index is 1.28. The minimum atomic E-state index is -0.328. The number of rotatable bonds is 4. The standard InChI is InChI=1S/C22H32N6O2/c1-15(17-11-16(2)21-18(13-17)14-24-25-21)12-20(29)27-5-3-19(4-6-27)26-7-9-28(10-8-26)22(23)30/h11,13-15,19H,3-10,12H2,1-2H3,(H2,23,30)(H,24,25). The van der Waals surface area contributed by atoms with Crippen LogP contribution in [0, 0.1) is 6.92 Å². The SMILES string of the molecule is Cc1cc(C(C)CC(=O)N2CCC(N3CCN(C(N)=O)CC3)CC2)cc2cn[nH]c12. The molecule has 0 spiro atoms. The lowest BCUT2D eigenvalue weighted by atomic mass is 9.93. The topological polar surface area (TPSA) is 98.6 Å². The molecule has 0 bridgehead atoms. The number of H-pyrrole nitrogens is 1. The number of aromatic amines is 1. The molecule has 2 aliphatic rings. The van der Waals surface area contributed by atoms with Gasteiger partial charge in [0.1, 0.15) is 0 Å². The summed E-state index contributed by atoms with van der Waals surface area (Å²) in [7, 11) is 0. The van der Waals surface area contributed by atoms with E-state index in [1.165, 1.54) is 5.56 Å². The van der Waals surface area contributed by atoms with Crippen molar-refractivity contribution in [3.63, 3.8) is 0 Å². The first-order chi connectivity index (χ1) is 14.4. The highest BCUT2D eigenvalue weighted by Gasteiger charge is 2.30. The number of carbonyl (C=O) groups excluding carboxylic acids is 2. The number of piperazine rings is 1. The lowest BCUT2D eigenvalue weighted by molar-refractivity contribution is -0.133. The van der Waals surface area contributed by atoms with Crippen LogP contribution in [0.15, 0.2) is 18.3 Å². The Morgan fingerprint density at radius 1 is 1.13 bits per heavy atom. The number of hydrogen-bond donors (Lipinski definition) is 2. The first-order valence-corrected chi connectivity index (χ1v) is 10.9. The molecule has 2 saturated heterocycles. The second-order valence-electron chi connectivity index (χ2n) is 8.75. The van der Waals surface area contributed by atoms with Gasteiger partial charge in [0, 0.05) is 57.1 Å². The third-order valence-corrected chi connectivity index (χ3v) is 6.78. The zero-order valence-electron chi connectivity index (χ0n) is 17.9. The van der Waals surface area contributed by atoms with Crippen LogP contribution in [0.2, 0.25) is 0 Å². The highest BCUT2D eigenvalue weighted by Crippen LogP contribution is 2.27. The van der Waals surface area contributed by atoms with Gasteiger partial charge in [0.2, 0.25) is 5.91 Å². The van der Waals surface area contributed by atoms with Crippen molar-refractivity contribution in [2.45, 2.75) is 45.1 Å². The quantitative estimate of drug-likeness (QED) is 0.803. The average molecular weight is 413 g/mol. The molecule has 3 N–H and O–H groups in total. The van der Waals surface area contributed by atoms with Gasteiger partial charge in [0.05, 0.1) is 11.7 Å². The maximum Gasteiger partial charge on any atom is 0.314 e. The molecular weight excluding hydrogens is 380 g/mol. The highest BCUT2D eigenvalue weighted by molar-refractivity contribution is 5.82. The minimum absolute atomic E-state index is 0.176. The molecule has 30 heavy (non-hydrogen) atoms. The summed E-state index contributed by atoms with van der Waals surface area (Å²) in [6, 6.07) is 4.47. The zero-order valence-corrected chi connectivity index (χ0v) is 17.9. The molecule has 4 rings (SSSR count). The van der Waals surface area contributed by atoms with E-state index in [1.54, 1.807) is 4.90 Å². The van der Waals surface area contributed by atoms with Gasteiger partial charge in [-0.05, 0) is 42.9 Å². The fourth-order valence-corrected chi connectivity index (χ4v) is 4.85. The van der Waals surface area contributed by atoms with Crippen LogP contribution in [0.3, 0.4) is 0 Å². The number of likely N-dealkylation sites (tertiary alicyclic amines) is 1. The first kappa shape index (κ1) is 20.7. The zero-order chi connectivity index (χ0) is 21.3. The summed E-state index contributed by atoms with van der Waals surface area (Å²) in [5.41, 5.74) is 8.79. The summed E-state index contributed by atoms with van der Waals surface area (Å²) in [5.74, 6) is 0.416. The lowest BCUT2D eigenvalue weighted by Crippen LogP contribution is -2.55. The molecule has 0 radical (unpaired) electrons. The van der Waals surface area contributed by atoms with Gasteiger partial charge in [0.15, 0.2) is 0 Å². The Bertz CT molecular complexity index is 909. The van der Waals surface area contributed by atoms with Crippen LogP contribution in [0.4, 0.5) is 4.79 Å². The molecule has 8 nitrogen and oxygen atoms in total. The summed E-state index contributed by atoms with van der Waals surface area (Å²) in [4.78, 5) is 30.4. The van der Waals surface area contributed by atoms with Gasteiger partial charge in [0.25, 0.3) is 0 Å². The number of fused-ring (bicyclic) bond motifs is 1. The van der Waals surface area contributed by atoms with Gasteiger partial charge in [-0.1, -0.05) is 13.0 Å². The molecule has 8 heteroatoms. The predicted octanol–water partition coefficient (Wildman–Crippen LogP) is 2.05. The van der Waals surface area contributed by atoms with Crippen molar-refractivity contribution in [3.05, 3.63) is 29.5 Å². The summed E-state index contributed by atoms with van der Waals surface area (Å²) in [6.07, 6.45) is 4.37. The number of carbonyl (C=O) groups is 2. The largest absolute Gasteiger partial charge is 0.351 e. The summed E-state index contributed by atoms with van der Waals surface area (Å²) >= 11 is 0. The van der Waals surface area contributed by atoms with Crippen molar-refractivity contribution in [2.24, 2.45) is 5.73 Å². The Labute approximate surface area is 177 Å². The smallest absolute Gasteiger partial charge is 0.314 e. The van der Waals surface area contributed by atoms with E-state index < -0.39 is 0 Å². The van der Waals surface area contributed by atoms with Crippen molar-refractivity contribution in [2.75, 3.05) is 39.3 Å². The number of nitrogens with one attached hydrogen (secondary N) is 1. The van der Waals surface area contributed by atoms with Crippen molar-refractivity contribution in [3.8, 4) is 0 Å². The van der Waals surface area contributed by atoms with E-state index in [4.69, 9.17) is 5.73 Å². The van der Waals surface area contributed by atoms with E-state index in [1.807, 2.05) is 11.1 Å². The van der Waals surface area contributed by atoms with Gasteiger partial charge < -0.3 is 15.5 Å². The lowest BCUT2D eigenvalue weighted by Gasteiger charge is -2.42. The molecule has 0 aliphatic carbocycles. The fraction of sp³-hybridized carbons (Fsp3) is 0.591. The molecule has 1 atom stereocenters. The van der Waals surface area contributed by atoms with Crippen LogP contribution in [0.1, 0.15) is 43.2 Å². The highest BCUT2D eigenvalue weighted by atomic mass is 16.2. The number of primary amides is 1. The molecule has 2 aromatic rings. The number of nitrogens with two attached hydrogens (primary N) is 1. The molecular formula is C22H32N6O2. The number of aromatic nitrogens is 2. The van der Waals surface area contributed by atoms with Crippen molar-refractivity contribution < 1.29 is 9.59 Å². The summed E-state index contributed by atoms with van der Waals surface area (Å²) < 4.78 is 0. The van der Waals surface area contributed by atoms with Crippen LogP contribution < -0.4 is 5.73 Å². The molecule has 1 aromatic carbocycles. The molecule has 1 unspecified atom stereocenters. The van der Waals surface area contributed by atoms with Gasteiger partial charge >= 0.3 is 6.03 Å². The van der Waals surface area contributed by atoms with Crippen LogP contribution in [-0.4, -0.2) is 82.1 Å². The Morgan fingerprint density at radius 2 is 1.83 bits per heavy atom. The normalized spacial score (nSPS) is 19.9. The van der Waals surface area contributed by atoms with E-state index >= 15 is 0 Å². The van der Waals surface area contributed by atoms with Crippen LogP contribution >= 0.6 is 0 Å². The van der Waals surface area contributed by atoms with Crippen LogP contribution in [-0.2, 0) is 4.79 Å². The van der Waals surface area contributed by atoms with E-state index in [9.17, 15) is 9.59 Å². The van der Waals surface area contributed by atoms with E-state index in [-0.39, 0.29) is 17.9 Å². The molecule has 3 amide bonds. The average Bonchev–Trinajstić information content (AvgIpc) is 3.23. The van der Waals surface area contributed by atoms with Gasteiger partial charge in [-0.2, -0.15) is 5.10 Å². The number of aryl methyl sites for hydroxylation is 1.